The van der Waals surface area contributed by atoms with Gasteiger partial charge in [-0.3, -0.25) is 0 Å². The van der Waals surface area contributed by atoms with Gasteiger partial charge in [0.15, 0.2) is 0 Å². The third kappa shape index (κ3) is 1.92. The molecule has 1 unspecified atom stereocenters. The average molecular weight is 194 g/mol. The minimum atomic E-state index is -0.136. The van der Waals surface area contributed by atoms with Gasteiger partial charge in [-0.15, -0.1) is 0 Å². The topological polar surface area (TPSA) is 36.3 Å². The smallest absolute Gasteiger partial charge is 0.104 e. The first-order valence-electron chi connectivity index (χ1n) is 5.42. The lowest BCUT2D eigenvalue weighted by molar-refractivity contribution is -0.0917. The van der Waals surface area contributed by atoms with E-state index in [1.54, 1.807) is 0 Å². The van der Waals surface area contributed by atoms with E-state index in [2.05, 4.69) is 18.0 Å². The Bertz CT molecular complexity index is 242. The second-order valence-corrected chi connectivity index (χ2v) is 4.86. The quantitative estimate of drug-likeness (QED) is 0.664. The van der Waals surface area contributed by atoms with E-state index < -0.39 is 0 Å². The molecule has 2 aliphatic rings. The van der Waals surface area contributed by atoms with E-state index in [4.69, 9.17) is 10.00 Å². The molecule has 0 radical (unpaired) electrons. The van der Waals surface area contributed by atoms with Crippen molar-refractivity contribution in [2.75, 3.05) is 33.4 Å². The van der Waals surface area contributed by atoms with Crippen molar-refractivity contribution < 1.29 is 4.74 Å². The lowest BCUT2D eigenvalue weighted by Gasteiger charge is -2.40. The molecular formula is C11H18N2O. The molecule has 2 rings (SSSR count). The zero-order valence-corrected chi connectivity index (χ0v) is 8.83. The van der Waals surface area contributed by atoms with Crippen LogP contribution in [-0.4, -0.2) is 38.3 Å². The summed E-state index contributed by atoms with van der Waals surface area (Å²) in [7, 11) is 2.17. The molecular weight excluding hydrogens is 176 g/mol. The summed E-state index contributed by atoms with van der Waals surface area (Å²) in [5, 5.41) is 9.09. The molecule has 14 heavy (non-hydrogen) atoms. The standard InChI is InChI=1S/C11H18N2O/c1-13-4-2-3-10(6-13)5-11(7-12)8-14-9-11/h10H,2-6,8-9H2,1H3. The second kappa shape index (κ2) is 3.88. The summed E-state index contributed by atoms with van der Waals surface area (Å²) in [6.07, 6.45) is 3.60. The third-order valence-electron chi connectivity index (χ3n) is 3.40. The van der Waals surface area contributed by atoms with E-state index in [0.717, 1.165) is 13.0 Å². The number of rotatable bonds is 2. The van der Waals surface area contributed by atoms with E-state index in [1.165, 1.54) is 19.4 Å². The minimum absolute atomic E-state index is 0.136. The first-order valence-corrected chi connectivity index (χ1v) is 5.42. The molecule has 0 aliphatic carbocycles. The Morgan fingerprint density at radius 1 is 1.57 bits per heavy atom. The van der Waals surface area contributed by atoms with Gasteiger partial charge in [0.1, 0.15) is 5.41 Å². The largest absolute Gasteiger partial charge is 0.378 e. The molecule has 1 atom stereocenters. The number of nitrogens with zero attached hydrogens (tertiary/aromatic N) is 2. The van der Waals surface area contributed by atoms with Crippen molar-refractivity contribution in [3.63, 3.8) is 0 Å². The maximum atomic E-state index is 9.09. The van der Waals surface area contributed by atoms with Gasteiger partial charge in [-0.05, 0) is 38.8 Å². The van der Waals surface area contributed by atoms with Crippen LogP contribution in [0, 0.1) is 22.7 Å². The molecule has 0 saturated carbocycles. The summed E-state index contributed by atoms with van der Waals surface area (Å²) < 4.78 is 5.16. The van der Waals surface area contributed by atoms with Crippen LogP contribution in [0.5, 0.6) is 0 Å². The van der Waals surface area contributed by atoms with Gasteiger partial charge >= 0.3 is 0 Å². The zero-order chi connectivity index (χ0) is 10.0. The lowest BCUT2D eigenvalue weighted by atomic mass is 9.76. The summed E-state index contributed by atoms with van der Waals surface area (Å²) in [5.41, 5.74) is -0.136. The Morgan fingerprint density at radius 2 is 2.36 bits per heavy atom. The van der Waals surface area contributed by atoms with Crippen LogP contribution in [-0.2, 0) is 4.74 Å². The summed E-state index contributed by atoms with van der Waals surface area (Å²) >= 11 is 0. The van der Waals surface area contributed by atoms with E-state index in [0.29, 0.717) is 19.1 Å². The number of piperidine rings is 1. The summed E-state index contributed by atoms with van der Waals surface area (Å²) in [4.78, 5) is 2.37. The molecule has 78 valence electrons. The monoisotopic (exact) mass is 194 g/mol. The Kier molecular flexibility index (Phi) is 2.76. The fourth-order valence-electron chi connectivity index (χ4n) is 2.57. The molecule has 2 heterocycles. The molecule has 0 N–H and O–H groups in total. The van der Waals surface area contributed by atoms with Crippen LogP contribution in [0.2, 0.25) is 0 Å². The van der Waals surface area contributed by atoms with Gasteiger partial charge in [0.05, 0.1) is 19.3 Å². The molecule has 2 saturated heterocycles. The van der Waals surface area contributed by atoms with Gasteiger partial charge in [0.25, 0.3) is 0 Å². The first-order chi connectivity index (χ1) is 6.74. The molecule has 0 aromatic carbocycles. The Labute approximate surface area is 85.6 Å². The van der Waals surface area contributed by atoms with Gasteiger partial charge in [-0.1, -0.05) is 0 Å². The number of likely N-dealkylation sites (tertiary alicyclic amines) is 1. The highest BCUT2D eigenvalue weighted by Gasteiger charge is 2.41. The van der Waals surface area contributed by atoms with Crippen molar-refractivity contribution >= 4 is 0 Å². The predicted molar refractivity (Wildman–Crippen MR) is 53.7 cm³/mol. The van der Waals surface area contributed by atoms with Gasteiger partial charge < -0.3 is 9.64 Å². The second-order valence-electron chi connectivity index (χ2n) is 4.86. The Hall–Kier alpha value is -0.590. The third-order valence-corrected chi connectivity index (χ3v) is 3.40. The predicted octanol–water partition coefficient (Wildman–Crippen LogP) is 1.26. The maximum Gasteiger partial charge on any atom is 0.104 e. The van der Waals surface area contributed by atoms with Crippen molar-refractivity contribution in [3.05, 3.63) is 0 Å². The normalized spacial score (nSPS) is 31.9. The van der Waals surface area contributed by atoms with Crippen LogP contribution in [0.3, 0.4) is 0 Å². The zero-order valence-electron chi connectivity index (χ0n) is 8.83. The van der Waals surface area contributed by atoms with Gasteiger partial charge in [0.2, 0.25) is 0 Å². The molecule has 0 spiro atoms. The van der Waals surface area contributed by atoms with Crippen LogP contribution in [0.1, 0.15) is 19.3 Å². The molecule has 0 bridgehead atoms. The highest BCUT2D eigenvalue weighted by molar-refractivity contribution is 5.04. The lowest BCUT2D eigenvalue weighted by Crippen LogP contribution is -2.45. The molecule has 2 aliphatic heterocycles. The summed E-state index contributed by atoms with van der Waals surface area (Å²) in [6.45, 7) is 3.68. The number of hydrogen-bond acceptors (Lipinski definition) is 3. The van der Waals surface area contributed by atoms with E-state index in [-0.39, 0.29) is 5.41 Å². The number of nitriles is 1. The number of hydrogen-bond donors (Lipinski definition) is 0. The summed E-state index contributed by atoms with van der Waals surface area (Å²) in [6, 6.07) is 2.43. The minimum Gasteiger partial charge on any atom is -0.378 e. The van der Waals surface area contributed by atoms with E-state index >= 15 is 0 Å². The van der Waals surface area contributed by atoms with Gasteiger partial charge in [-0.2, -0.15) is 5.26 Å². The van der Waals surface area contributed by atoms with Crippen LogP contribution in [0.4, 0.5) is 0 Å². The number of ether oxygens (including phenoxy) is 1. The Balaban J connectivity index is 1.87. The molecule has 0 amide bonds. The van der Waals surface area contributed by atoms with E-state index in [9.17, 15) is 0 Å². The molecule has 2 fully saturated rings. The molecule has 3 heteroatoms. The van der Waals surface area contributed by atoms with Crippen LogP contribution in [0.25, 0.3) is 0 Å². The van der Waals surface area contributed by atoms with Crippen molar-refractivity contribution in [1.82, 2.24) is 4.90 Å². The van der Waals surface area contributed by atoms with Crippen molar-refractivity contribution in [2.45, 2.75) is 19.3 Å². The van der Waals surface area contributed by atoms with Gasteiger partial charge in [-0.25, -0.2) is 0 Å². The van der Waals surface area contributed by atoms with Crippen LogP contribution >= 0.6 is 0 Å². The van der Waals surface area contributed by atoms with Gasteiger partial charge in [0, 0.05) is 6.54 Å². The SMILES string of the molecule is CN1CCCC(CC2(C#N)COC2)C1. The van der Waals surface area contributed by atoms with Crippen LogP contribution in [0.15, 0.2) is 0 Å². The fraction of sp³-hybridized carbons (Fsp3) is 0.909. The summed E-state index contributed by atoms with van der Waals surface area (Å²) in [5.74, 6) is 0.706. The Morgan fingerprint density at radius 3 is 2.86 bits per heavy atom. The first kappa shape index (κ1) is 9.95. The fourth-order valence-corrected chi connectivity index (χ4v) is 2.57. The molecule has 0 aromatic rings. The highest BCUT2D eigenvalue weighted by atomic mass is 16.5. The van der Waals surface area contributed by atoms with Crippen LogP contribution < -0.4 is 0 Å². The highest BCUT2D eigenvalue weighted by Crippen LogP contribution is 2.36. The van der Waals surface area contributed by atoms with Crippen molar-refractivity contribution in [1.29, 1.82) is 5.26 Å². The van der Waals surface area contributed by atoms with Crippen molar-refractivity contribution in [3.8, 4) is 6.07 Å². The molecule has 3 nitrogen and oxygen atoms in total. The molecule has 0 aromatic heterocycles. The average Bonchev–Trinajstić information content (AvgIpc) is 2.11. The maximum absolute atomic E-state index is 9.09. The van der Waals surface area contributed by atoms with Crippen molar-refractivity contribution in [2.24, 2.45) is 11.3 Å². The van der Waals surface area contributed by atoms with E-state index in [1.807, 2.05) is 0 Å².